The van der Waals surface area contributed by atoms with E-state index in [1.807, 2.05) is 43.3 Å². The van der Waals surface area contributed by atoms with Gasteiger partial charge in [0.1, 0.15) is 5.82 Å². The van der Waals surface area contributed by atoms with Gasteiger partial charge < -0.3 is 5.32 Å². The van der Waals surface area contributed by atoms with Gasteiger partial charge in [-0.05, 0) is 43.0 Å². The molecule has 3 nitrogen and oxygen atoms in total. The van der Waals surface area contributed by atoms with Gasteiger partial charge in [-0.2, -0.15) is 11.8 Å². The quantitative estimate of drug-likeness (QED) is 0.926. The lowest BCUT2D eigenvalue weighted by molar-refractivity contribution is 0.102. The van der Waals surface area contributed by atoms with E-state index in [-0.39, 0.29) is 5.91 Å². The predicted octanol–water partition coefficient (Wildman–Crippen LogP) is 3.51. The summed E-state index contributed by atoms with van der Waals surface area (Å²) in [6, 6.07) is 13.2. The summed E-state index contributed by atoms with van der Waals surface area (Å²) in [6.07, 6.45) is 2.06. The van der Waals surface area contributed by atoms with Gasteiger partial charge in [-0.1, -0.05) is 18.2 Å². The van der Waals surface area contributed by atoms with Crippen LogP contribution in [0.1, 0.15) is 21.6 Å². The molecule has 0 saturated heterocycles. The summed E-state index contributed by atoms with van der Waals surface area (Å²) in [5.41, 5.74) is 2.75. The number of hydrogen-bond donors (Lipinski definition) is 1. The highest BCUT2D eigenvalue weighted by atomic mass is 32.2. The average molecular weight is 272 g/mol. The van der Waals surface area contributed by atoms with Crippen LogP contribution in [-0.4, -0.2) is 17.1 Å². The first-order valence-corrected chi connectivity index (χ1v) is 7.41. The molecule has 2 aromatic rings. The molecule has 0 aliphatic heterocycles. The Morgan fingerprint density at radius 2 is 1.95 bits per heavy atom. The lowest BCUT2D eigenvalue weighted by atomic mass is 10.1. The van der Waals surface area contributed by atoms with E-state index in [0.29, 0.717) is 11.4 Å². The Morgan fingerprint density at radius 3 is 2.58 bits per heavy atom. The summed E-state index contributed by atoms with van der Waals surface area (Å²) in [7, 11) is 0. The van der Waals surface area contributed by atoms with Crippen molar-refractivity contribution in [3.63, 3.8) is 0 Å². The number of amides is 1. The molecule has 1 N–H and O–H groups in total. The van der Waals surface area contributed by atoms with E-state index in [1.54, 1.807) is 17.8 Å². The van der Waals surface area contributed by atoms with Gasteiger partial charge in [0, 0.05) is 17.0 Å². The fourth-order valence-electron chi connectivity index (χ4n) is 1.72. The van der Waals surface area contributed by atoms with E-state index >= 15 is 0 Å². The molecular formula is C15H16N2OS. The van der Waals surface area contributed by atoms with Crippen molar-refractivity contribution in [1.29, 1.82) is 0 Å². The van der Waals surface area contributed by atoms with Crippen LogP contribution in [0.3, 0.4) is 0 Å². The van der Waals surface area contributed by atoms with Crippen molar-refractivity contribution in [2.45, 2.75) is 12.7 Å². The SMILES string of the molecule is CSCc1ccc(C(=O)Nc2cccc(C)n2)cc1. The number of thioether (sulfide) groups is 1. The van der Waals surface area contributed by atoms with Crippen molar-refractivity contribution < 1.29 is 4.79 Å². The summed E-state index contributed by atoms with van der Waals surface area (Å²) >= 11 is 1.76. The van der Waals surface area contributed by atoms with Crippen LogP contribution in [0.25, 0.3) is 0 Å². The Kier molecular flexibility index (Phi) is 4.58. The third-order valence-corrected chi connectivity index (χ3v) is 3.28. The number of carbonyl (C=O) groups is 1. The van der Waals surface area contributed by atoms with Crippen LogP contribution in [0.15, 0.2) is 42.5 Å². The van der Waals surface area contributed by atoms with Gasteiger partial charge >= 0.3 is 0 Å². The molecule has 0 fully saturated rings. The average Bonchev–Trinajstić information content (AvgIpc) is 2.40. The molecule has 1 heterocycles. The van der Waals surface area contributed by atoms with Gasteiger partial charge in [0.05, 0.1) is 0 Å². The van der Waals surface area contributed by atoms with E-state index in [4.69, 9.17) is 0 Å². The minimum atomic E-state index is -0.131. The summed E-state index contributed by atoms with van der Waals surface area (Å²) in [6.45, 7) is 1.90. The number of hydrogen-bond acceptors (Lipinski definition) is 3. The van der Waals surface area contributed by atoms with E-state index < -0.39 is 0 Å². The van der Waals surface area contributed by atoms with Crippen molar-refractivity contribution >= 4 is 23.5 Å². The first kappa shape index (κ1) is 13.6. The van der Waals surface area contributed by atoms with Gasteiger partial charge in [-0.15, -0.1) is 0 Å². The maximum Gasteiger partial charge on any atom is 0.256 e. The molecule has 1 aromatic carbocycles. The monoisotopic (exact) mass is 272 g/mol. The molecule has 98 valence electrons. The number of carbonyl (C=O) groups excluding carboxylic acids is 1. The zero-order chi connectivity index (χ0) is 13.7. The number of anilines is 1. The molecule has 0 radical (unpaired) electrons. The third-order valence-electron chi connectivity index (χ3n) is 2.66. The van der Waals surface area contributed by atoms with Crippen LogP contribution >= 0.6 is 11.8 Å². The normalized spacial score (nSPS) is 10.2. The number of aromatic nitrogens is 1. The maximum atomic E-state index is 12.0. The smallest absolute Gasteiger partial charge is 0.256 e. The summed E-state index contributed by atoms with van der Waals surface area (Å²) in [5, 5.41) is 2.80. The lowest BCUT2D eigenvalue weighted by Gasteiger charge is -2.06. The van der Waals surface area contributed by atoms with Gasteiger partial charge in [-0.25, -0.2) is 4.98 Å². The molecule has 1 aromatic heterocycles. The van der Waals surface area contributed by atoms with E-state index in [0.717, 1.165) is 11.4 Å². The predicted molar refractivity (Wildman–Crippen MR) is 80.6 cm³/mol. The highest BCUT2D eigenvalue weighted by Gasteiger charge is 2.06. The van der Waals surface area contributed by atoms with Crippen molar-refractivity contribution in [3.05, 3.63) is 59.3 Å². The molecule has 2 rings (SSSR count). The molecule has 0 bridgehead atoms. The van der Waals surface area contributed by atoms with Gasteiger partial charge in [0.15, 0.2) is 0 Å². The molecule has 0 saturated carbocycles. The molecule has 0 atom stereocenters. The van der Waals surface area contributed by atoms with Gasteiger partial charge in [0.25, 0.3) is 5.91 Å². The zero-order valence-electron chi connectivity index (χ0n) is 11.0. The Bertz CT molecular complexity index is 567. The number of rotatable bonds is 4. The molecule has 0 aliphatic rings. The fourth-order valence-corrected chi connectivity index (χ4v) is 2.25. The molecule has 1 amide bonds. The van der Waals surface area contributed by atoms with Crippen LogP contribution in [0, 0.1) is 6.92 Å². The van der Waals surface area contributed by atoms with Crippen molar-refractivity contribution in [2.75, 3.05) is 11.6 Å². The molecule has 19 heavy (non-hydrogen) atoms. The molecule has 0 unspecified atom stereocenters. The van der Waals surface area contributed by atoms with Gasteiger partial charge in [-0.3, -0.25) is 4.79 Å². The second-order valence-electron chi connectivity index (χ2n) is 4.25. The van der Waals surface area contributed by atoms with E-state index in [9.17, 15) is 4.79 Å². The number of nitrogens with zero attached hydrogens (tertiary/aromatic N) is 1. The first-order chi connectivity index (χ1) is 9.19. The third kappa shape index (κ3) is 3.83. The van der Waals surface area contributed by atoms with Crippen LogP contribution in [-0.2, 0) is 5.75 Å². The van der Waals surface area contributed by atoms with Crippen LogP contribution in [0.2, 0.25) is 0 Å². The standard InChI is InChI=1S/C15H16N2OS/c1-11-4-3-5-14(16-11)17-15(18)13-8-6-12(7-9-13)10-19-2/h3-9H,10H2,1-2H3,(H,16,17,18). The highest BCUT2D eigenvalue weighted by molar-refractivity contribution is 7.97. The second-order valence-corrected chi connectivity index (χ2v) is 5.11. The lowest BCUT2D eigenvalue weighted by Crippen LogP contribution is -2.13. The highest BCUT2D eigenvalue weighted by Crippen LogP contribution is 2.12. The number of aryl methyl sites for hydroxylation is 1. The molecular weight excluding hydrogens is 256 g/mol. The van der Waals surface area contributed by atoms with Crippen LogP contribution in [0.5, 0.6) is 0 Å². The van der Waals surface area contributed by atoms with Gasteiger partial charge in [0.2, 0.25) is 0 Å². The van der Waals surface area contributed by atoms with Crippen molar-refractivity contribution in [3.8, 4) is 0 Å². The number of benzene rings is 1. The van der Waals surface area contributed by atoms with E-state index in [1.165, 1.54) is 5.56 Å². The maximum absolute atomic E-state index is 12.0. The summed E-state index contributed by atoms with van der Waals surface area (Å²) in [5.74, 6) is 1.41. The Labute approximate surface area is 117 Å². The minimum absolute atomic E-state index is 0.131. The Balaban J connectivity index is 2.07. The minimum Gasteiger partial charge on any atom is -0.307 e. The molecule has 0 spiro atoms. The van der Waals surface area contributed by atoms with E-state index in [2.05, 4.69) is 16.6 Å². The molecule has 4 heteroatoms. The van der Waals surface area contributed by atoms with Crippen molar-refractivity contribution in [2.24, 2.45) is 0 Å². The number of nitrogens with one attached hydrogen (secondary N) is 1. The summed E-state index contributed by atoms with van der Waals surface area (Å²) < 4.78 is 0. The molecule has 0 aliphatic carbocycles. The zero-order valence-corrected chi connectivity index (χ0v) is 11.8. The second kappa shape index (κ2) is 6.38. The number of pyridine rings is 1. The largest absolute Gasteiger partial charge is 0.307 e. The Morgan fingerprint density at radius 1 is 1.21 bits per heavy atom. The van der Waals surface area contributed by atoms with Crippen LogP contribution < -0.4 is 5.32 Å². The summed E-state index contributed by atoms with van der Waals surface area (Å²) in [4.78, 5) is 16.3. The van der Waals surface area contributed by atoms with Crippen LogP contribution in [0.4, 0.5) is 5.82 Å². The first-order valence-electron chi connectivity index (χ1n) is 6.02. The Hall–Kier alpha value is -1.81. The topological polar surface area (TPSA) is 42.0 Å². The fraction of sp³-hybridized carbons (Fsp3) is 0.200. The van der Waals surface area contributed by atoms with Crippen molar-refractivity contribution in [1.82, 2.24) is 4.98 Å².